The summed E-state index contributed by atoms with van der Waals surface area (Å²) in [6, 6.07) is 6.24. The Hall–Kier alpha value is -2.03. The summed E-state index contributed by atoms with van der Waals surface area (Å²) in [7, 11) is 0. The van der Waals surface area contributed by atoms with E-state index < -0.39 is 0 Å². The molecule has 0 saturated heterocycles. The van der Waals surface area contributed by atoms with Gasteiger partial charge in [0.05, 0.1) is 5.69 Å². The first-order chi connectivity index (χ1) is 8.33. The monoisotopic (exact) mass is 223 g/mol. The van der Waals surface area contributed by atoms with E-state index in [9.17, 15) is 0 Å². The number of fused-ring (bicyclic) bond motifs is 1. The Labute approximate surface area is 100 Å². The van der Waals surface area contributed by atoms with Gasteiger partial charge in [-0.3, -0.25) is 15.0 Å². The van der Waals surface area contributed by atoms with Crippen molar-refractivity contribution in [3.8, 4) is 11.1 Å². The molecule has 3 heterocycles. The van der Waals surface area contributed by atoms with Crippen molar-refractivity contribution < 1.29 is 0 Å². The van der Waals surface area contributed by atoms with Crippen LogP contribution in [0.2, 0.25) is 0 Å². The van der Waals surface area contributed by atoms with E-state index in [2.05, 4.69) is 27.1 Å². The molecule has 1 aliphatic heterocycles. The Morgan fingerprint density at radius 1 is 1.12 bits per heavy atom. The van der Waals surface area contributed by atoms with E-state index in [4.69, 9.17) is 0 Å². The largest absolute Gasteiger partial charge is 0.292 e. The average Bonchev–Trinajstić information content (AvgIpc) is 2.38. The van der Waals surface area contributed by atoms with Crippen LogP contribution in [0.4, 0.5) is 0 Å². The minimum Gasteiger partial charge on any atom is -0.292 e. The lowest BCUT2D eigenvalue weighted by Crippen LogP contribution is -2.05. The van der Waals surface area contributed by atoms with E-state index in [-0.39, 0.29) is 0 Å². The second kappa shape index (κ2) is 4.09. The number of hydrogen-bond acceptors (Lipinski definition) is 3. The molecule has 17 heavy (non-hydrogen) atoms. The van der Waals surface area contributed by atoms with E-state index in [1.54, 1.807) is 0 Å². The summed E-state index contributed by atoms with van der Waals surface area (Å²) in [5.41, 5.74) is 5.60. The number of pyridine rings is 2. The number of aryl methyl sites for hydroxylation is 1. The molecule has 0 fully saturated rings. The van der Waals surface area contributed by atoms with Crippen LogP contribution in [-0.2, 0) is 6.42 Å². The Morgan fingerprint density at radius 3 is 2.94 bits per heavy atom. The number of aliphatic imine (C=N–C) groups is 1. The van der Waals surface area contributed by atoms with Crippen LogP contribution >= 0.6 is 0 Å². The molecule has 3 heteroatoms. The Bertz CT molecular complexity index is 588. The molecule has 0 radical (unpaired) electrons. The molecule has 0 atom stereocenters. The predicted molar refractivity (Wildman–Crippen MR) is 68.4 cm³/mol. The van der Waals surface area contributed by atoms with Gasteiger partial charge in [0.15, 0.2) is 0 Å². The fraction of sp³-hybridized carbons (Fsp3) is 0.214. The summed E-state index contributed by atoms with van der Waals surface area (Å²) in [6.07, 6.45) is 6.63. The molecular weight excluding hydrogens is 210 g/mol. The highest BCUT2D eigenvalue weighted by molar-refractivity contribution is 5.84. The van der Waals surface area contributed by atoms with Crippen molar-refractivity contribution in [2.45, 2.75) is 13.3 Å². The molecular formula is C14H13N3. The van der Waals surface area contributed by atoms with Crippen molar-refractivity contribution in [3.05, 3.63) is 47.5 Å². The zero-order chi connectivity index (χ0) is 11.7. The lowest BCUT2D eigenvalue weighted by atomic mass is 10.0. The highest BCUT2D eigenvalue weighted by Gasteiger charge is 2.08. The second-order valence-electron chi connectivity index (χ2n) is 4.23. The van der Waals surface area contributed by atoms with Crippen LogP contribution in [0.3, 0.4) is 0 Å². The van der Waals surface area contributed by atoms with Gasteiger partial charge in [-0.2, -0.15) is 0 Å². The molecule has 0 bridgehead atoms. The third kappa shape index (κ3) is 1.96. The zero-order valence-corrected chi connectivity index (χ0v) is 9.72. The van der Waals surface area contributed by atoms with E-state index in [0.29, 0.717) is 0 Å². The topological polar surface area (TPSA) is 38.1 Å². The SMILES string of the molecule is Cc1cc(-c2cnc3c(c2)C=NCC3)ccn1. The lowest BCUT2D eigenvalue weighted by Gasteiger charge is -2.10. The van der Waals surface area contributed by atoms with Crippen molar-refractivity contribution in [1.29, 1.82) is 0 Å². The Kier molecular flexibility index (Phi) is 2.44. The number of nitrogens with zero attached hydrogens (tertiary/aromatic N) is 3. The third-order valence-electron chi connectivity index (χ3n) is 2.94. The van der Waals surface area contributed by atoms with Gasteiger partial charge in [0, 0.05) is 48.4 Å². The van der Waals surface area contributed by atoms with Gasteiger partial charge in [-0.05, 0) is 30.7 Å². The molecule has 0 amide bonds. The van der Waals surface area contributed by atoms with Gasteiger partial charge in [-0.15, -0.1) is 0 Å². The van der Waals surface area contributed by atoms with E-state index in [1.807, 2.05) is 31.6 Å². The molecule has 0 aromatic carbocycles. The fourth-order valence-electron chi connectivity index (χ4n) is 2.05. The molecule has 0 N–H and O–H groups in total. The van der Waals surface area contributed by atoms with Gasteiger partial charge in [-0.25, -0.2) is 0 Å². The Balaban J connectivity index is 2.08. The molecule has 0 spiro atoms. The molecule has 1 aliphatic rings. The first-order valence-electron chi connectivity index (χ1n) is 5.75. The van der Waals surface area contributed by atoms with Gasteiger partial charge >= 0.3 is 0 Å². The molecule has 0 aliphatic carbocycles. The number of hydrogen-bond donors (Lipinski definition) is 0. The first-order valence-corrected chi connectivity index (χ1v) is 5.75. The summed E-state index contributed by atoms with van der Waals surface area (Å²) >= 11 is 0. The van der Waals surface area contributed by atoms with Crippen LogP contribution in [0, 0.1) is 6.92 Å². The lowest BCUT2D eigenvalue weighted by molar-refractivity contribution is 0.906. The quantitative estimate of drug-likeness (QED) is 0.744. The van der Waals surface area contributed by atoms with Crippen molar-refractivity contribution in [2.75, 3.05) is 6.54 Å². The van der Waals surface area contributed by atoms with E-state index in [1.165, 1.54) is 0 Å². The number of rotatable bonds is 1. The third-order valence-corrected chi connectivity index (χ3v) is 2.94. The molecule has 84 valence electrons. The minimum absolute atomic E-state index is 0.855. The highest BCUT2D eigenvalue weighted by atomic mass is 14.8. The van der Waals surface area contributed by atoms with Crippen LogP contribution in [0.5, 0.6) is 0 Å². The minimum atomic E-state index is 0.855. The van der Waals surface area contributed by atoms with Crippen molar-refractivity contribution in [1.82, 2.24) is 9.97 Å². The van der Waals surface area contributed by atoms with Gasteiger partial charge in [0.2, 0.25) is 0 Å². The number of aromatic nitrogens is 2. The van der Waals surface area contributed by atoms with Gasteiger partial charge in [-0.1, -0.05) is 0 Å². The zero-order valence-electron chi connectivity index (χ0n) is 9.72. The highest BCUT2D eigenvalue weighted by Crippen LogP contribution is 2.21. The second-order valence-corrected chi connectivity index (χ2v) is 4.23. The maximum Gasteiger partial charge on any atom is 0.0510 e. The van der Waals surface area contributed by atoms with Crippen LogP contribution < -0.4 is 0 Å². The average molecular weight is 223 g/mol. The maximum absolute atomic E-state index is 4.51. The van der Waals surface area contributed by atoms with Crippen LogP contribution in [0.25, 0.3) is 11.1 Å². The summed E-state index contributed by atoms with van der Waals surface area (Å²) in [5, 5.41) is 0. The van der Waals surface area contributed by atoms with Crippen molar-refractivity contribution in [2.24, 2.45) is 4.99 Å². The molecule has 2 aromatic heterocycles. The predicted octanol–water partition coefficient (Wildman–Crippen LogP) is 2.43. The van der Waals surface area contributed by atoms with Gasteiger partial charge in [0.1, 0.15) is 0 Å². The van der Waals surface area contributed by atoms with E-state index >= 15 is 0 Å². The summed E-state index contributed by atoms with van der Waals surface area (Å²) < 4.78 is 0. The van der Waals surface area contributed by atoms with Crippen LogP contribution in [0.15, 0.2) is 35.6 Å². The van der Waals surface area contributed by atoms with E-state index in [0.717, 1.165) is 41.0 Å². The van der Waals surface area contributed by atoms with Crippen molar-refractivity contribution in [3.63, 3.8) is 0 Å². The maximum atomic E-state index is 4.51. The Morgan fingerprint density at radius 2 is 2.06 bits per heavy atom. The van der Waals surface area contributed by atoms with Crippen LogP contribution in [0.1, 0.15) is 17.0 Å². The fourth-order valence-corrected chi connectivity index (χ4v) is 2.05. The summed E-state index contributed by atoms with van der Waals surface area (Å²) in [4.78, 5) is 13.0. The summed E-state index contributed by atoms with van der Waals surface area (Å²) in [5.74, 6) is 0. The molecule has 3 rings (SSSR count). The molecule has 0 saturated carbocycles. The standard InChI is InChI=1S/C14H13N3/c1-10-6-11(2-5-16-10)12-7-13-8-15-4-3-14(13)17-9-12/h2,5-9H,3-4H2,1H3. The van der Waals surface area contributed by atoms with Gasteiger partial charge < -0.3 is 0 Å². The molecule has 3 nitrogen and oxygen atoms in total. The molecule has 0 unspecified atom stereocenters. The van der Waals surface area contributed by atoms with Crippen LogP contribution in [-0.4, -0.2) is 22.7 Å². The molecule has 2 aromatic rings. The first kappa shape index (κ1) is 10.1. The van der Waals surface area contributed by atoms with Gasteiger partial charge in [0.25, 0.3) is 0 Å². The smallest absolute Gasteiger partial charge is 0.0510 e. The normalized spacial score (nSPS) is 13.5. The van der Waals surface area contributed by atoms with Crippen molar-refractivity contribution >= 4 is 6.21 Å². The summed E-state index contributed by atoms with van der Waals surface area (Å²) in [6.45, 7) is 2.85.